The highest BCUT2D eigenvalue weighted by Crippen LogP contribution is 2.21. The maximum absolute atomic E-state index is 5.56. The molecule has 0 aromatic heterocycles. The highest BCUT2D eigenvalue weighted by Gasteiger charge is 2.15. The lowest BCUT2D eigenvalue weighted by atomic mass is 9.90. The van der Waals surface area contributed by atoms with Gasteiger partial charge in [0.1, 0.15) is 0 Å². The summed E-state index contributed by atoms with van der Waals surface area (Å²) in [6, 6.07) is 0. The standard InChI is InChI=1S/C9H19NO/c1-8(7-10)6-9-2-4-11-5-3-9/h8-9H,2-7,10H2,1H3. The van der Waals surface area contributed by atoms with E-state index in [4.69, 9.17) is 10.5 Å². The summed E-state index contributed by atoms with van der Waals surface area (Å²) in [5, 5.41) is 0. The molecule has 0 spiro atoms. The molecule has 1 aliphatic heterocycles. The van der Waals surface area contributed by atoms with Crippen molar-refractivity contribution in [2.45, 2.75) is 26.2 Å². The second kappa shape index (κ2) is 4.73. The van der Waals surface area contributed by atoms with Gasteiger partial charge in [-0.1, -0.05) is 6.92 Å². The van der Waals surface area contributed by atoms with Gasteiger partial charge in [0, 0.05) is 13.2 Å². The third-order valence-corrected chi connectivity index (χ3v) is 2.48. The highest BCUT2D eigenvalue weighted by molar-refractivity contribution is 4.66. The molecule has 1 heterocycles. The van der Waals surface area contributed by atoms with Gasteiger partial charge in [-0.3, -0.25) is 0 Å². The zero-order valence-electron chi connectivity index (χ0n) is 7.38. The van der Waals surface area contributed by atoms with Gasteiger partial charge in [0.25, 0.3) is 0 Å². The molecule has 0 amide bonds. The monoisotopic (exact) mass is 157 g/mol. The normalized spacial score (nSPS) is 23.5. The quantitative estimate of drug-likeness (QED) is 0.672. The van der Waals surface area contributed by atoms with Gasteiger partial charge in [-0.05, 0) is 37.6 Å². The molecule has 66 valence electrons. The molecule has 0 aliphatic carbocycles. The van der Waals surface area contributed by atoms with Crippen LogP contribution in [0.25, 0.3) is 0 Å². The smallest absolute Gasteiger partial charge is 0.0468 e. The number of ether oxygens (including phenoxy) is 1. The fraction of sp³-hybridized carbons (Fsp3) is 1.00. The Bertz CT molecular complexity index is 99.7. The van der Waals surface area contributed by atoms with Crippen LogP contribution < -0.4 is 5.73 Å². The first kappa shape index (κ1) is 9.01. The minimum Gasteiger partial charge on any atom is -0.381 e. The molecular formula is C9H19NO. The molecular weight excluding hydrogens is 138 g/mol. The van der Waals surface area contributed by atoms with Gasteiger partial charge in [-0.25, -0.2) is 0 Å². The third-order valence-electron chi connectivity index (χ3n) is 2.48. The minimum absolute atomic E-state index is 0.693. The van der Waals surface area contributed by atoms with E-state index in [1.165, 1.54) is 19.3 Å². The van der Waals surface area contributed by atoms with Gasteiger partial charge in [0.05, 0.1) is 0 Å². The van der Waals surface area contributed by atoms with Gasteiger partial charge in [-0.15, -0.1) is 0 Å². The molecule has 0 aromatic carbocycles. The van der Waals surface area contributed by atoms with Crippen LogP contribution in [-0.4, -0.2) is 19.8 Å². The summed E-state index contributed by atoms with van der Waals surface area (Å²) in [4.78, 5) is 0. The van der Waals surface area contributed by atoms with E-state index in [-0.39, 0.29) is 0 Å². The summed E-state index contributed by atoms with van der Waals surface area (Å²) in [5.41, 5.74) is 5.56. The third kappa shape index (κ3) is 3.21. The Balaban J connectivity index is 2.13. The topological polar surface area (TPSA) is 35.2 Å². The molecule has 1 aliphatic rings. The SMILES string of the molecule is CC(CN)CC1CCOCC1. The molecule has 1 fully saturated rings. The molecule has 1 atom stereocenters. The number of hydrogen-bond donors (Lipinski definition) is 1. The first-order valence-electron chi connectivity index (χ1n) is 4.60. The van der Waals surface area contributed by atoms with Crippen LogP contribution >= 0.6 is 0 Å². The maximum Gasteiger partial charge on any atom is 0.0468 e. The zero-order valence-corrected chi connectivity index (χ0v) is 7.38. The molecule has 2 nitrogen and oxygen atoms in total. The summed E-state index contributed by atoms with van der Waals surface area (Å²) in [6.45, 7) is 4.98. The van der Waals surface area contributed by atoms with Crippen molar-refractivity contribution in [3.05, 3.63) is 0 Å². The summed E-state index contributed by atoms with van der Waals surface area (Å²) < 4.78 is 5.28. The maximum atomic E-state index is 5.56. The van der Waals surface area contributed by atoms with Crippen LogP contribution in [0.3, 0.4) is 0 Å². The Morgan fingerprint density at radius 2 is 2.09 bits per heavy atom. The van der Waals surface area contributed by atoms with Crippen LogP contribution in [0.15, 0.2) is 0 Å². The fourth-order valence-electron chi connectivity index (χ4n) is 1.65. The van der Waals surface area contributed by atoms with Crippen LogP contribution in [0.1, 0.15) is 26.2 Å². The molecule has 1 rings (SSSR count). The average Bonchev–Trinajstić information content (AvgIpc) is 2.06. The van der Waals surface area contributed by atoms with Gasteiger partial charge in [0.2, 0.25) is 0 Å². The van der Waals surface area contributed by atoms with Crippen molar-refractivity contribution in [3.63, 3.8) is 0 Å². The van der Waals surface area contributed by atoms with Crippen molar-refractivity contribution in [2.24, 2.45) is 17.6 Å². The van der Waals surface area contributed by atoms with E-state index < -0.39 is 0 Å². The Hall–Kier alpha value is -0.0800. The Labute approximate surface area is 69.1 Å². The van der Waals surface area contributed by atoms with Crippen LogP contribution in [0.4, 0.5) is 0 Å². The van der Waals surface area contributed by atoms with Gasteiger partial charge in [-0.2, -0.15) is 0 Å². The molecule has 0 aromatic rings. The molecule has 0 saturated carbocycles. The van der Waals surface area contributed by atoms with E-state index in [0.29, 0.717) is 5.92 Å². The lowest BCUT2D eigenvalue weighted by Crippen LogP contribution is -2.21. The molecule has 11 heavy (non-hydrogen) atoms. The predicted octanol–water partition coefficient (Wildman–Crippen LogP) is 1.40. The van der Waals surface area contributed by atoms with E-state index in [2.05, 4.69) is 6.92 Å². The highest BCUT2D eigenvalue weighted by atomic mass is 16.5. The number of hydrogen-bond acceptors (Lipinski definition) is 2. The summed E-state index contributed by atoms with van der Waals surface area (Å²) in [7, 11) is 0. The predicted molar refractivity (Wildman–Crippen MR) is 46.4 cm³/mol. The first-order chi connectivity index (χ1) is 5.33. The minimum atomic E-state index is 0.693. The van der Waals surface area contributed by atoms with Gasteiger partial charge in [0.15, 0.2) is 0 Å². The van der Waals surface area contributed by atoms with Crippen LogP contribution in [0.5, 0.6) is 0 Å². The summed E-state index contributed by atoms with van der Waals surface area (Å²) in [5.74, 6) is 1.57. The zero-order chi connectivity index (χ0) is 8.10. The largest absolute Gasteiger partial charge is 0.381 e. The van der Waals surface area contributed by atoms with Crippen LogP contribution in [-0.2, 0) is 4.74 Å². The van der Waals surface area contributed by atoms with Crippen LogP contribution in [0, 0.1) is 11.8 Å². The Morgan fingerprint density at radius 3 is 2.64 bits per heavy atom. The summed E-state index contributed by atoms with van der Waals surface area (Å²) >= 11 is 0. The van der Waals surface area contributed by atoms with Crippen molar-refractivity contribution in [3.8, 4) is 0 Å². The van der Waals surface area contributed by atoms with Crippen molar-refractivity contribution >= 4 is 0 Å². The number of rotatable bonds is 3. The number of nitrogens with two attached hydrogens (primary N) is 1. The lowest BCUT2D eigenvalue weighted by molar-refractivity contribution is 0.0597. The van der Waals surface area contributed by atoms with Gasteiger partial charge >= 0.3 is 0 Å². The second-order valence-electron chi connectivity index (χ2n) is 3.63. The van der Waals surface area contributed by atoms with Crippen molar-refractivity contribution < 1.29 is 4.74 Å². The average molecular weight is 157 g/mol. The van der Waals surface area contributed by atoms with Crippen molar-refractivity contribution in [1.29, 1.82) is 0 Å². The molecule has 0 bridgehead atoms. The Morgan fingerprint density at radius 1 is 1.45 bits per heavy atom. The molecule has 2 N–H and O–H groups in total. The molecule has 1 saturated heterocycles. The fourth-order valence-corrected chi connectivity index (χ4v) is 1.65. The van der Waals surface area contributed by atoms with Crippen LogP contribution in [0.2, 0.25) is 0 Å². The molecule has 1 unspecified atom stereocenters. The Kier molecular flexibility index (Phi) is 3.87. The molecule has 2 heteroatoms. The molecule has 0 radical (unpaired) electrons. The van der Waals surface area contributed by atoms with E-state index >= 15 is 0 Å². The second-order valence-corrected chi connectivity index (χ2v) is 3.63. The van der Waals surface area contributed by atoms with E-state index in [9.17, 15) is 0 Å². The van der Waals surface area contributed by atoms with Gasteiger partial charge < -0.3 is 10.5 Å². The van der Waals surface area contributed by atoms with E-state index in [0.717, 1.165) is 25.7 Å². The van der Waals surface area contributed by atoms with E-state index in [1.54, 1.807) is 0 Å². The lowest BCUT2D eigenvalue weighted by Gasteiger charge is -2.24. The van der Waals surface area contributed by atoms with E-state index in [1.807, 2.05) is 0 Å². The van der Waals surface area contributed by atoms with Crippen molar-refractivity contribution in [2.75, 3.05) is 19.8 Å². The first-order valence-corrected chi connectivity index (χ1v) is 4.60. The summed E-state index contributed by atoms with van der Waals surface area (Å²) in [6.07, 6.45) is 3.77. The van der Waals surface area contributed by atoms with Crippen molar-refractivity contribution in [1.82, 2.24) is 0 Å².